The molecule has 0 bridgehead atoms. The first-order valence-electron chi connectivity index (χ1n) is 5.35. The molecule has 82 valence electrons. The molecule has 1 aliphatic rings. The summed E-state index contributed by atoms with van der Waals surface area (Å²) in [6.45, 7) is 2.23. The number of carboxylic acids is 1. The average Bonchev–Trinajstić information content (AvgIpc) is 2.67. The Balaban J connectivity index is 2.15. The highest BCUT2D eigenvalue weighted by atomic mass is 16.4. The van der Waals surface area contributed by atoms with Crippen molar-refractivity contribution in [2.75, 3.05) is 0 Å². The lowest BCUT2D eigenvalue weighted by molar-refractivity contribution is 0.0687. The van der Waals surface area contributed by atoms with Gasteiger partial charge in [-0.15, -0.1) is 0 Å². The SMILES string of the molecule is CC1CCC(c2ocnc2C(=O)O)CC1. The van der Waals surface area contributed by atoms with Crippen LogP contribution in [0.5, 0.6) is 0 Å². The third-order valence-corrected chi connectivity index (χ3v) is 3.18. The Morgan fingerprint density at radius 1 is 1.47 bits per heavy atom. The fourth-order valence-corrected chi connectivity index (χ4v) is 2.23. The van der Waals surface area contributed by atoms with Crippen LogP contribution in [0.25, 0.3) is 0 Å². The molecule has 0 aromatic carbocycles. The Morgan fingerprint density at radius 3 is 2.73 bits per heavy atom. The number of aromatic nitrogens is 1. The van der Waals surface area contributed by atoms with Gasteiger partial charge in [0, 0.05) is 5.92 Å². The molecule has 0 radical (unpaired) electrons. The minimum absolute atomic E-state index is 0.0922. The van der Waals surface area contributed by atoms with Crippen LogP contribution in [-0.4, -0.2) is 16.1 Å². The van der Waals surface area contributed by atoms with Crippen molar-refractivity contribution in [3.8, 4) is 0 Å². The fourth-order valence-electron chi connectivity index (χ4n) is 2.23. The molecule has 0 spiro atoms. The van der Waals surface area contributed by atoms with Gasteiger partial charge in [-0.05, 0) is 18.8 Å². The van der Waals surface area contributed by atoms with Crippen LogP contribution in [0.3, 0.4) is 0 Å². The lowest BCUT2D eigenvalue weighted by atomic mass is 9.81. The van der Waals surface area contributed by atoms with Crippen LogP contribution in [0.15, 0.2) is 10.8 Å². The van der Waals surface area contributed by atoms with Gasteiger partial charge in [0.25, 0.3) is 0 Å². The minimum Gasteiger partial charge on any atom is -0.476 e. The van der Waals surface area contributed by atoms with Crippen LogP contribution in [0.4, 0.5) is 0 Å². The second-order valence-corrected chi connectivity index (χ2v) is 4.33. The lowest BCUT2D eigenvalue weighted by Gasteiger charge is -2.24. The summed E-state index contributed by atoms with van der Waals surface area (Å²) in [6, 6.07) is 0. The first-order chi connectivity index (χ1) is 7.18. The lowest BCUT2D eigenvalue weighted by Crippen LogP contribution is -2.13. The van der Waals surface area contributed by atoms with E-state index in [1.807, 2.05) is 0 Å². The van der Waals surface area contributed by atoms with E-state index in [0.717, 1.165) is 31.6 Å². The van der Waals surface area contributed by atoms with Gasteiger partial charge in [0.2, 0.25) is 0 Å². The number of oxazole rings is 1. The van der Waals surface area contributed by atoms with Gasteiger partial charge >= 0.3 is 5.97 Å². The molecule has 1 fully saturated rings. The van der Waals surface area contributed by atoms with Gasteiger partial charge in [0.05, 0.1) is 0 Å². The summed E-state index contributed by atoms with van der Waals surface area (Å²) in [5, 5.41) is 8.91. The van der Waals surface area contributed by atoms with Gasteiger partial charge in [-0.1, -0.05) is 19.8 Å². The van der Waals surface area contributed by atoms with Crippen LogP contribution in [0, 0.1) is 5.92 Å². The molecule has 0 amide bonds. The van der Waals surface area contributed by atoms with E-state index in [4.69, 9.17) is 9.52 Å². The molecule has 0 saturated heterocycles. The summed E-state index contributed by atoms with van der Waals surface area (Å²) in [6.07, 6.45) is 5.54. The van der Waals surface area contributed by atoms with E-state index in [9.17, 15) is 4.79 Å². The maximum atomic E-state index is 10.9. The topological polar surface area (TPSA) is 63.3 Å². The van der Waals surface area contributed by atoms with Crippen LogP contribution in [-0.2, 0) is 0 Å². The van der Waals surface area contributed by atoms with Crippen molar-refractivity contribution < 1.29 is 14.3 Å². The van der Waals surface area contributed by atoms with Gasteiger partial charge in [-0.3, -0.25) is 0 Å². The fraction of sp³-hybridized carbons (Fsp3) is 0.636. The molecule has 0 atom stereocenters. The molecule has 4 nitrogen and oxygen atoms in total. The summed E-state index contributed by atoms with van der Waals surface area (Å²) in [4.78, 5) is 14.6. The summed E-state index contributed by atoms with van der Waals surface area (Å²) >= 11 is 0. The van der Waals surface area contributed by atoms with Gasteiger partial charge in [0.15, 0.2) is 12.1 Å². The van der Waals surface area contributed by atoms with E-state index >= 15 is 0 Å². The quantitative estimate of drug-likeness (QED) is 0.813. The summed E-state index contributed by atoms with van der Waals surface area (Å²) in [5.41, 5.74) is 0.0922. The minimum atomic E-state index is -0.989. The molecule has 1 aromatic heterocycles. The van der Waals surface area contributed by atoms with Crippen LogP contribution < -0.4 is 0 Å². The van der Waals surface area contributed by atoms with Gasteiger partial charge in [-0.2, -0.15) is 0 Å². The highest BCUT2D eigenvalue weighted by molar-refractivity contribution is 5.86. The molecule has 1 N–H and O–H groups in total. The number of rotatable bonds is 2. The maximum Gasteiger partial charge on any atom is 0.358 e. The normalized spacial score (nSPS) is 26.5. The molecule has 1 saturated carbocycles. The zero-order chi connectivity index (χ0) is 10.8. The van der Waals surface area contributed by atoms with Crippen molar-refractivity contribution in [3.63, 3.8) is 0 Å². The Bertz CT molecular complexity index is 350. The zero-order valence-corrected chi connectivity index (χ0v) is 8.77. The highest BCUT2D eigenvalue weighted by Gasteiger charge is 2.27. The number of hydrogen-bond acceptors (Lipinski definition) is 3. The third kappa shape index (κ3) is 2.03. The van der Waals surface area contributed by atoms with Crippen molar-refractivity contribution in [3.05, 3.63) is 17.8 Å². The average molecular weight is 209 g/mol. The summed E-state index contributed by atoms with van der Waals surface area (Å²) < 4.78 is 5.21. The molecule has 1 aliphatic carbocycles. The predicted molar refractivity (Wildman–Crippen MR) is 53.8 cm³/mol. The van der Waals surface area contributed by atoms with E-state index in [0.29, 0.717) is 5.76 Å². The van der Waals surface area contributed by atoms with Gasteiger partial charge < -0.3 is 9.52 Å². The maximum absolute atomic E-state index is 10.9. The first kappa shape index (κ1) is 10.2. The van der Waals surface area contributed by atoms with E-state index in [1.165, 1.54) is 6.39 Å². The Labute approximate surface area is 88.3 Å². The molecular weight excluding hydrogens is 194 g/mol. The summed E-state index contributed by atoms with van der Waals surface area (Å²) in [7, 11) is 0. The highest BCUT2D eigenvalue weighted by Crippen LogP contribution is 2.36. The van der Waals surface area contributed by atoms with Crippen molar-refractivity contribution >= 4 is 5.97 Å². The van der Waals surface area contributed by atoms with Crippen LogP contribution in [0.2, 0.25) is 0 Å². The van der Waals surface area contributed by atoms with Crippen LogP contribution >= 0.6 is 0 Å². The predicted octanol–water partition coefficient (Wildman–Crippen LogP) is 2.67. The molecule has 4 heteroatoms. The van der Waals surface area contributed by atoms with E-state index in [1.54, 1.807) is 0 Å². The second-order valence-electron chi connectivity index (χ2n) is 4.33. The first-order valence-corrected chi connectivity index (χ1v) is 5.35. The monoisotopic (exact) mass is 209 g/mol. The third-order valence-electron chi connectivity index (χ3n) is 3.18. The van der Waals surface area contributed by atoms with Crippen molar-refractivity contribution in [2.24, 2.45) is 5.92 Å². The molecule has 1 heterocycles. The van der Waals surface area contributed by atoms with Crippen LogP contribution in [0.1, 0.15) is 54.8 Å². The molecule has 1 aromatic rings. The standard InChI is InChI=1S/C11H15NO3/c1-7-2-4-8(5-3-7)10-9(11(13)14)12-6-15-10/h6-8H,2-5H2,1H3,(H,13,14). The van der Waals surface area contributed by atoms with E-state index in [2.05, 4.69) is 11.9 Å². The molecule has 0 aliphatic heterocycles. The molecule has 15 heavy (non-hydrogen) atoms. The Kier molecular flexibility index (Phi) is 2.75. The van der Waals surface area contributed by atoms with Gasteiger partial charge in [0.1, 0.15) is 5.76 Å². The molecule has 2 rings (SSSR count). The largest absolute Gasteiger partial charge is 0.476 e. The second kappa shape index (κ2) is 4.04. The molecule has 0 unspecified atom stereocenters. The number of carbonyl (C=O) groups is 1. The van der Waals surface area contributed by atoms with E-state index < -0.39 is 5.97 Å². The Morgan fingerprint density at radius 2 is 2.13 bits per heavy atom. The molecular formula is C11H15NO3. The Hall–Kier alpha value is -1.32. The summed E-state index contributed by atoms with van der Waals surface area (Å²) in [5.74, 6) is 0.569. The number of carboxylic acid groups (broad SMARTS) is 1. The van der Waals surface area contributed by atoms with Gasteiger partial charge in [-0.25, -0.2) is 9.78 Å². The smallest absolute Gasteiger partial charge is 0.358 e. The number of hydrogen-bond donors (Lipinski definition) is 1. The van der Waals surface area contributed by atoms with Crippen molar-refractivity contribution in [1.82, 2.24) is 4.98 Å². The van der Waals surface area contributed by atoms with E-state index in [-0.39, 0.29) is 11.6 Å². The number of nitrogens with zero attached hydrogens (tertiary/aromatic N) is 1. The van der Waals surface area contributed by atoms with Crippen molar-refractivity contribution in [2.45, 2.75) is 38.5 Å². The number of aromatic carboxylic acids is 1. The zero-order valence-electron chi connectivity index (χ0n) is 8.77. The van der Waals surface area contributed by atoms with Crippen molar-refractivity contribution in [1.29, 1.82) is 0 Å².